The molecule has 0 spiro atoms. The van der Waals surface area contributed by atoms with Gasteiger partial charge in [-0.3, -0.25) is 0 Å². The van der Waals surface area contributed by atoms with Gasteiger partial charge in [0, 0.05) is 18.1 Å². The number of carboxylic acid groups (broad SMARTS) is 1. The summed E-state index contributed by atoms with van der Waals surface area (Å²) in [4.78, 5) is 10.9. The molecule has 0 saturated heterocycles. The second-order valence-corrected chi connectivity index (χ2v) is 3.99. The summed E-state index contributed by atoms with van der Waals surface area (Å²) in [6, 6.07) is 5.42. The third-order valence-corrected chi connectivity index (χ3v) is 2.59. The van der Waals surface area contributed by atoms with Crippen LogP contribution in [0, 0.1) is 6.92 Å². The second kappa shape index (κ2) is 5.87. The molecule has 3 nitrogen and oxygen atoms in total. The highest BCUT2D eigenvalue weighted by atomic mass is 35.5. The van der Waals surface area contributed by atoms with Crippen LogP contribution in [0.1, 0.15) is 18.1 Å². The zero-order chi connectivity index (χ0) is 12.1. The Morgan fingerprint density at radius 1 is 1.56 bits per heavy atom. The van der Waals surface area contributed by atoms with E-state index in [2.05, 4.69) is 0 Å². The zero-order valence-corrected chi connectivity index (χ0v) is 10.1. The highest BCUT2D eigenvalue weighted by molar-refractivity contribution is 6.30. The molecule has 1 atom stereocenters. The van der Waals surface area contributed by atoms with E-state index in [1.54, 1.807) is 13.0 Å². The van der Waals surface area contributed by atoms with E-state index in [0.717, 1.165) is 11.1 Å². The van der Waals surface area contributed by atoms with Gasteiger partial charge in [0.15, 0.2) is 6.10 Å². The maximum atomic E-state index is 10.9. The fourth-order valence-corrected chi connectivity index (χ4v) is 1.73. The molecule has 1 aromatic rings. The van der Waals surface area contributed by atoms with Crippen molar-refractivity contribution in [1.82, 2.24) is 0 Å². The van der Waals surface area contributed by atoms with Gasteiger partial charge in [-0.05, 0) is 37.1 Å². The number of ether oxygens (including phenoxy) is 1. The Bertz CT molecular complexity index is 377. The molecule has 0 aliphatic rings. The van der Waals surface area contributed by atoms with E-state index in [-0.39, 0.29) is 0 Å². The van der Waals surface area contributed by atoms with Crippen molar-refractivity contribution >= 4 is 17.6 Å². The lowest BCUT2D eigenvalue weighted by molar-refractivity contribution is -0.149. The molecular weight excluding hydrogens is 228 g/mol. The van der Waals surface area contributed by atoms with Gasteiger partial charge in [-0.15, -0.1) is 0 Å². The van der Waals surface area contributed by atoms with Crippen molar-refractivity contribution in [3.8, 4) is 0 Å². The van der Waals surface area contributed by atoms with E-state index in [0.29, 0.717) is 18.1 Å². The molecular formula is C12H15ClO3. The molecule has 0 radical (unpaired) electrons. The van der Waals surface area contributed by atoms with E-state index in [9.17, 15) is 4.79 Å². The Morgan fingerprint density at radius 2 is 2.25 bits per heavy atom. The number of benzene rings is 1. The van der Waals surface area contributed by atoms with Crippen LogP contribution in [0.25, 0.3) is 0 Å². The first-order valence-corrected chi connectivity index (χ1v) is 5.51. The van der Waals surface area contributed by atoms with Gasteiger partial charge < -0.3 is 9.84 Å². The van der Waals surface area contributed by atoms with Gasteiger partial charge in [-0.25, -0.2) is 4.79 Å². The molecule has 0 aliphatic carbocycles. The lowest BCUT2D eigenvalue weighted by Crippen LogP contribution is -2.26. The van der Waals surface area contributed by atoms with E-state index in [1.807, 2.05) is 19.1 Å². The summed E-state index contributed by atoms with van der Waals surface area (Å²) in [6.45, 7) is 4.08. The molecule has 0 aromatic heterocycles. The third-order valence-electron chi connectivity index (χ3n) is 2.35. The summed E-state index contributed by atoms with van der Waals surface area (Å²) >= 11 is 5.83. The molecule has 1 N–H and O–H groups in total. The van der Waals surface area contributed by atoms with E-state index in [4.69, 9.17) is 21.4 Å². The van der Waals surface area contributed by atoms with Crippen LogP contribution in [-0.4, -0.2) is 23.8 Å². The number of carbonyl (C=O) groups is 1. The van der Waals surface area contributed by atoms with Gasteiger partial charge in [-0.1, -0.05) is 17.7 Å². The Hall–Kier alpha value is -1.06. The zero-order valence-electron chi connectivity index (χ0n) is 9.37. The number of rotatable bonds is 5. The van der Waals surface area contributed by atoms with E-state index >= 15 is 0 Å². The first-order valence-electron chi connectivity index (χ1n) is 5.14. The number of hydrogen-bond acceptors (Lipinski definition) is 2. The molecule has 0 aliphatic heterocycles. The summed E-state index contributed by atoms with van der Waals surface area (Å²) in [6.07, 6.45) is -0.420. The Balaban J connectivity index is 2.81. The van der Waals surface area contributed by atoms with Crippen molar-refractivity contribution in [2.24, 2.45) is 0 Å². The molecule has 0 bridgehead atoms. The molecule has 0 unspecified atom stereocenters. The van der Waals surface area contributed by atoms with Crippen LogP contribution >= 0.6 is 11.6 Å². The van der Waals surface area contributed by atoms with Crippen LogP contribution in [0.2, 0.25) is 5.02 Å². The standard InChI is InChI=1S/C12H15ClO3/c1-3-16-11(12(14)15)7-9-4-5-10(13)6-8(9)2/h4-6,11H,3,7H2,1-2H3,(H,14,15)/t11-/m1/s1. The number of carboxylic acids is 1. The molecule has 88 valence electrons. The van der Waals surface area contributed by atoms with Crippen molar-refractivity contribution < 1.29 is 14.6 Å². The summed E-state index contributed by atoms with van der Waals surface area (Å²) in [5.41, 5.74) is 1.93. The van der Waals surface area contributed by atoms with Gasteiger partial charge in [0.2, 0.25) is 0 Å². The van der Waals surface area contributed by atoms with Crippen LogP contribution in [0.5, 0.6) is 0 Å². The predicted octanol–water partition coefficient (Wildman–Crippen LogP) is 2.68. The van der Waals surface area contributed by atoms with Crippen molar-refractivity contribution in [3.05, 3.63) is 34.3 Å². The van der Waals surface area contributed by atoms with Gasteiger partial charge >= 0.3 is 5.97 Å². The van der Waals surface area contributed by atoms with E-state index in [1.165, 1.54) is 0 Å². The van der Waals surface area contributed by atoms with Gasteiger partial charge in [0.05, 0.1) is 0 Å². The molecule has 0 heterocycles. The van der Waals surface area contributed by atoms with Crippen molar-refractivity contribution in [3.63, 3.8) is 0 Å². The Kier molecular flexibility index (Phi) is 4.77. The van der Waals surface area contributed by atoms with Gasteiger partial charge in [0.25, 0.3) is 0 Å². The first kappa shape index (κ1) is 13.0. The van der Waals surface area contributed by atoms with Crippen molar-refractivity contribution in [2.75, 3.05) is 6.61 Å². The fourth-order valence-electron chi connectivity index (χ4n) is 1.51. The summed E-state index contributed by atoms with van der Waals surface area (Å²) in [5, 5.41) is 9.62. The van der Waals surface area contributed by atoms with Crippen LogP contribution in [-0.2, 0) is 16.0 Å². The molecule has 4 heteroatoms. The highest BCUT2D eigenvalue weighted by Gasteiger charge is 2.18. The normalized spacial score (nSPS) is 12.4. The summed E-state index contributed by atoms with van der Waals surface area (Å²) in [5.74, 6) is -0.934. The first-order chi connectivity index (χ1) is 7.54. The average Bonchev–Trinajstić information content (AvgIpc) is 2.20. The van der Waals surface area contributed by atoms with Crippen molar-refractivity contribution in [1.29, 1.82) is 0 Å². The van der Waals surface area contributed by atoms with Crippen LogP contribution in [0.3, 0.4) is 0 Å². The van der Waals surface area contributed by atoms with Gasteiger partial charge in [0.1, 0.15) is 0 Å². The van der Waals surface area contributed by atoms with Crippen molar-refractivity contribution in [2.45, 2.75) is 26.4 Å². The maximum absolute atomic E-state index is 10.9. The molecule has 1 rings (SSSR count). The second-order valence-electron chi connectivity index (χ2n) is 3.56. The fraction of sp³-hybridized carbons (Fsp3) is 0.417. The quantitative estimate of drug-likeness (QED) is 0.864. The molecule has 0 amide bonds. The largest absolute Gasteiger partial charge is 0.479 e. The minimum atomic E-state index is -0.934. The van der Waals surface area contributed by atoms with Crippen LogP contribution < -0.4 is 0 Å². The lowest BCUT2D eigenvalue weighted by atomic mass is 10.0. The minimum Gasteiger partial charge on any atom is -0.479 e. The predicted molar refractivity (Wildman–Crippen MR) is 62.9 cm³/mol. The summed E-state index contributed by atoms with van der Waals surface area (Å²) < 4.78 is 5.16. The molecule has 1 aromatic carbocycles. The number of aliphatic carboxylic acids is 1. The van der Waals surface area contributed by atoms with Crippen LogP contribution in [0.4, 0.5) is 0 Å². The average molecular weight is 243 g/mol. The molecule has 16 heavy (non-hydrogen) atoms. The third kappa shape index (κ3) is 3.51. The number of halogens is 1. The highest BCUT2D eigenvalue weighted by Crippen LogP contribution is 2.17. The molecule has 0 fully saturated rings. The monoisotopic (exact) mass is 242 g/mol. The smallest absolute Gasteiger partial charge is 0.333 e. The minimum absolute atomic E-state index is 0.367. The Morgan fingerprint density at radius 3 is 2.75 bits per heavy atom. The summed E-state index contributed by atoms with van der Waals surface area (Å²) in [7, 11) is 0. The number of aryl methyl sites for hydroxylation is 1. The topological polar surface area (TPSA) is 46.5 Å². The molecule has 0 saturated carbocycles. The van der Waals surface area contributed by atoms with E-state index < -0.39 is 12.1 Å². The Labute approximate surface area is 100.0 Å². The number of hydrogen-bond donors (Lipinski definition) is 1. The lowest BCUT2D eigenvalue weighted by Gasteiger charge is -2.14. The van der Waals surface area contributed by atoms with Gasteiger partial charge in [-0.2, -0.15) is 0 Å². The SMILES string of the molecule is CCO[C@H](Cc1ccc(Cl)cc1C)C(=O)O. The maximum Gasteiger partial charge on any atom is 0.333 e. The van der Waals surface area contributed by atoms with Crippen LogP contribution in [0.15, 0.2) is 18.2 Å².